The van der Waals surface area contributed by atoms with Gasteiger partial charge in [-0.05, 0) is 34.1 Å². The van der Waals surface area contributed by atoms with E-state index in [-0.39, 0.29) is 6.10 Å². The minimum absolute atomic E-state index is 0.0391. The molecule has 6 heteroatoms. The third-order valence-electron chi connectivity index (χ3n) is 2.66. The molecule has 2 N–H and O–H groups in total. The molecule has 0 bridgehead atoms. The first kappa shape index (κ1) is 16.5. The van der Waals surface area contributed by atoms with Crippen molar-refractivity contribution in [2.24, 2.45) is 0 Å². The van der Waals surface area contributed by atoms with Crippen molar-refractivity contribution in [1.29, 1.82) is 0 Å². The van der Waals surface area contributed by atoms with Crippen LogP contribution >= 0.6 is 0 Å². The van der Waals surface area contributed by atoms with Gasteiger partial charge in [0.15, 0.2) is 0 Å². The molecule has 0 fully saturated rings. The van der Waals surface area contributed by atoms with Gasteiger partial charge in [0.25, 0.3) is 0 Å². The minimum atomic E-state index is 0.0391. The lowest BCUT2D eigenvalue weighted by atomic mass is 10.1. The molecular formula is C14H27N5O. The average molecular weight is 281 g/mol. The normalized spacial score (nSPS) is 12.3. The largest absolute Gasteiger partial charge is 0.461 e. The number of hydrogen-bond donors (Lipinski definition) is 2. The molecule has 1 unspecified atom stereocenters. The zero-order chi connectivity index (χ0) is 15.0. The molecule has 1 rings (SSSR count). The van der Waals surface area contributed by atoms with Gasteiger partial charge >= 0.3 is 6.01 Å². The maximum absolute atomic E-state index is 5.56. The highest BCUT2D eigenvalue weighted by Gasteiger charge is 2.10. The fourth-order valence-corrected chi connectivity index (χ4v) is 1.72. The van der Waals surface area contributed by atoms with Crippen LogP contribution in [0.4, 0.5) is 11.9 Å². The molecule has 114 valence electrons. The summed E-state index contributed by atoms with van der Waals surface area (Å²) in [5.41, 5.74) is 0. The van der Waals surface area contributed by atoms with Gasteiger partial charge in [-0.1, -0.05) is 19.8 Å². The van der Waals surface area contributed by atoms with Crippen LogP contribution in [0.25, 0.3) is 0 Å². The van der Waals surface area contributed by atoms with Gasteiger partial charge in [-0.25, -0.2) is 0 Å². The van der Waals surface area contributed by atoms with Crippen molar-refractivity contribution >= 4 is 11.9 Å². The van der Waals surface area contributed by atoms with Crippen LogP contribution in [0.2, 0.25) is 0 Å². The summed E-state index contributed by atoms with van der Waals surface area (Å²) in [5.74, 6) is 1.11. The van der Waals surface area contributed by atoms with E-state index < -0.39 is 0 Å². The molecule has 0 radical (unpaired) electrons. The van der Waals surface area contributed by atoms with E-state index >= 15 is 0 Å². The van der Waals surface area contributed by atoms with Crippen LogP contribution in [-0.4, -0.2) is 33.6 Å². The lowest BCUT2D eigenvalue weighted by molar-refractivity contribution is 0.222. The smallest absolute Gasteiger partial charge is 0.323 e. The number of ether oxygens (including phenoxy) is 1. The molecule has 0 aliphatic carbocycles. The quantitative estimate of drug-likeness (QED) is 0.724. The second-order valence-corrected chi connectivity index (χ2v) is 5.15. The lowest BCUT2D eigenvalue weighted by Gasteiger charge is -2.15. The number of nitrogens with one attached hydrogen (secondary N) is 2. The second kappa shape index (κ2) is 8.55. The molecule has 6 nitrogen and oxygen atoms in total. The predicted octanol–water partition coefficient (Wildman–Crippen LogP) is 3.08. The Bertz CT molecular complexity index is 397. The number of aromatic nitrogens is 3. The topological polar surface area (TPSA) is 72.0 Å². The molecule has 1 aromatic heterocycles. The third kappa shape index (κ3) is 6.04. The van der Waals surface area contributed by atoms with Crippen LogP contribution in [0.15, 0.2) is 0 Å². The van der Waals surface area contributed by atoms with E-state index in [9.17, 15) is 0 Å². The van der Waals surface area contributed by atoms with Crippen molar-refractivity contribution in [3.63, 3.8) is 0 Å². The second-order valence-electron chi connectivity index (χ2n) is 5.15. The maximum atomic E-state index is 5.56. The van der Waals surface area contributed by atoms with Gasteiger partial charge in [-0.2, -0.15) is 15.0 Å². The summed E-state index contributed by atoms with van der Waals surface area (Å²) in [5, 5.41) is 6.40. The number of unbranched alkanes of at least 4 members (excludes halogenated alkanes) is 1. The van der Waals surface area contributed by atoms with Crippen molar-refractivity contribution in [3.05, 3.63) is 0 Å². The standard InChI is InChI=1S/C14H27N5O/c1-6-8-9-11(5)16-13-17-12(15-7-2)18-14(19-13)20-10(3)4/h10-11H,6-9H2,1-5H3,(H2,15,16,17,18,19). The summed E-state index contributed by atoms with van der Waals surface area (Å²) in [6, 6.07) is 0.690. The van der Waals surface area contributed by atoms with Crippen LogP contribution in [-0.2, 0) is 0 Å². The molecule has 1 atom stereocenters. The van der Waals surface area contributed by atoms with E-state index in [4.69, 9.17) is 4.74 Å². The van der Waals surface area contributed by atoms with Crippen LogP contribution < -0.4 is 15.4 Å². The highest BCUT2D eigenvalue weighted by atomic mass is 16.5. The predicted molar refractivity (Wildman–Crippen MR) is 82.4 cm³/mol. The molecule has 0 saturated carbocycles. The Kier molecular flexibility index (Phi) is 7.04. The number of rotatable bonds is 9. The summed E-state index contributed by atoms with van der Waals surface area (Å²) >= 11 is 0. The van der Waals surface area contributed by atoms with Crippen molar-refractivity contribution in [3.8, 4) is 6.01 Å². The highest BCUT2D eigenvalue weighted by Crippen LogP contribution is 2.14. The summed E-state index contributed by atoms with van der Waals surface area (Å²) in [6.45, 7) is 11.0. The third-order valence-corrected chi connectivity index (χ3v) is 2.66. The summed E-state index contributed by atoms with van der Waals surface area (Å²) in [6.07, 6.45) is 3.51. The highest BCUT2D eigenvalue weighted by molar-refractivity contribution is 5.36. The van der Waals surface area contributed by atoms with Gasteiger partial charge in [0.1, 0.15) is 0 Å². The lowest BCUT2D eigenvalue weighted by Crippen LogP contribution is -2.19. The van der Waals surface area contributed by atoms with Gasteiger partial charge in [0, 0.05) is 12.6 Å². The van der Waals surface area contributed by atoms with E-state index in [1.807, 2.05) is 20.8 Å². The Morgan fingerprint density at radius 2 is 1.75 bits per heavy atom. The molecule has 0 saturated heterocycles. The van der Waals surface area contributed by atoms with Crippen molar-refractivity contribution in [2.45, 2.75) is 66.0 Å². The molecular weight excluding hydrogens is 254 g/mol. The Morgan fingerprint density at radius 1 is 1.05 bits per heavy atom. The van der Waals surface area contributed by atoms with Crippen LogP contribution in [0.5, 0.6) is 6.01 Å². The first-order valence-electron chi connectivity index (χ1n) is 7.48. The fraction of sp³-hybridized carbons (Fsp3) is 0.786. The summed E-state index contributed by atoms with van der Waals surface area (Å²) < 4.78 is 5.56. The van der Waals surface area contributed by atoms with E-state index in [0.717, 1.165) is 13.0 Å². The Hall–Kier alpha value is -1.59. The molecule has 0 spiro atoms. The molecule has 1 heterocycles. The van der Waals surface area contributed by atoms with Crippen molar-refractivity contribution < 1.29 is 4.74 Å². The summed E-state index contributed by atoms with van der Waals surface area (Å²) in [7, 11) is 0. The van der Waals surface area contributed by atoms with Crippen LogP contribution in [0.1, 0.15) is 53.9 Å². The molecule has 0 aliphatic rings. The van der Waals surface area contributed by atoms with Crippen LogP contribution in [0, 0.1) is 0 Å². The molecule has 20 heavy (non-hydrogen) atoms. The first-order valence-corrected chi connectivity index (χ1v) is 7.48. The van der Waals surface area contributed by atoms with E-state index in [2.05, 4.69) is 39.4 Å². The minimum Gasteiger partial charge on any atom is -0.461 e. The Morgan fingerprint density at radius 3 is 2.35 bits per heavy atom. The monoisotopic (exact) mass is 281 g/mol. The molecule has 1 aromatic rings. The summed E-state index contributed by atoms with van der Waals surface area (Å²) in [4.78, 5) is 12.9. The van der Waals surface area contributed by atoms with Crippen LogP contribution in [0.3, 0.4) is 0 Å². The molecule has 0 aliphatic heterocycles. The molecule has 0 aromatic carbocycles. The maximum Gasteiger partial charge on any atom is 0.323 e. The number of nitrogens with zero attached hydrogens (tertiary/aromatic N) is 3. The number of anilines is 2. The van der Waals surface area contributed by atoms with Gasteiger partial charge in [0.2, 0.25) is 11.9 Å². The van der Waals surface area contributed by atoms with Crippen molar-refractivity contribution in [1.82, 2.24) is 15.0 Å². The van der Waals surface area contributed by atoms with Gasteiger partial charge < -0.3 is 15.4 Å². The van der Waals surface area contributed by atoms with Crippen molar-refractivity contribution in [2.75, 3.05) is 17.2 Å². The SMILES string of the molecule is CCCCC(C)Nc1nc(NCC)nc(OC(C)C)n1. The number of hydrogen-bond acceptors (Lipinski definition) is 6. The molecule has 0 amide bonds. The Balaban J connectivity index is 2.79. The van der Waals surface area contributed by atoms with Gasteiger partial charge in [-0.15, -0.1) is 0 Å². The van der Waals surface area contributed by atoms with E-state index in [0.29, 0.717) is 23.9 Å². The van der Waals surface area contributed by atoms with Gasteiger partial charge in [-0.3, -0.25) is 0 Å². The Labute approximate surface area is 121 Å². The first-order chi connectivity index (χ1) is 9.55. The van der Waals surface area contributed by atoms with E-state index in [1.165, 1.54) is 12.8 Å². The van der Waals surface area contributed by atoms with E-state index in [1.54, 1.807) is 0 Å². The van der Waals surface area contributed by atoms with Gasteiger partial charge in [0.05, 0.1) is 6.10 Å². The fourth-order valence-electron chi connectivity index (χ4n) is 1.72. The average Bonchev–Trinajstić information content (AvgIpc) is 2.35. The zero-order valence-electron chi connectivity index (χ0n) is 13.2. The zero-order valence-corrected chi connectivity index (χ0v) is 13.2.